The van der Waals surface area contributed by atoms with E-state index in [2.05, 4.69) is 5.32 Å². The molecule has 0 spiro atoms. The van der Waals surface area contributed by atoms with Crippen molar-refractivity contribution in [3.63, 3.8) is 0 Å². The zero-order chi connectivity index (χ0) is 23.7. The number of fused-ring (bicyclic) bond motifs is 1. The van der Waals surface area contributed by atoms with Gasteiger partial charge in [-0.1, -0.05) is 26.0 Å². The molecule has 1 N–H and O–H groups in total. The normalized spacial score (nSPS) is 26.2. The number of nitrogens with one attached hydrogen (secondary N) is 1. The second-order valence-corrected chi connectivity index (χ2v) is 9.29. The molecule has 3 atom stereocenters. The third kappa shape index (κ3) is 4.81. The summed E-state index contributed by atoms with van der Waals surface area (Å²) in [7, 11) is 1.69. The minimum absolute atomic E-state index is 0.00268. The molecule has 4 rings (SSSR count). The number of carbonyl (C=O) groups is 3. The maximum Gasteiger partial charge on any atom is 0.334 e. The Kier molecular flexibility index (Phi) is 6.85. The average molecular weight is 462 g/mol. The van der Waals surface area contributed by atoms with E-state index in [9.17, 15) is 18.8 Å². The molecule has 1 unspecified atom stereocenters. The molecule has 0 saturated carbocycles. The molecule has 3 heterocycles. The van der Waals surface area contributed by atoms with E-state index in [1.807, 2.05) is 13.8 Å². The fourth-order valence-electron chi connectivity index (χ4n) is 4.92. The summed E-state index contributed by atoms with van der Waals surface area (Å²) >= 11 is 0. The van der Waals surface area contributed by atoms with Crippen LogP contribution in [0.15, 0.2) is 24.3 Å². The first-order chi connectivity index (χ1) is 15.8. The van der Waals surface area contributed by atoms with Crippen molar-refractivity contribution >= 4 is 17.8 Å². The predicted molar refractivity (Wildman–Crippen MR) is 118 cm³/mol. The average Bonchev–Trinajstić information content (AvgIpc) is 3.27. The van der Waals surface area contributed by atoms with Crippen molar-refractivity contribution in [2.45, 2.75) is 51.5 Å². The Bertz CT molecular complexity index is 889. The smallest absolute Gasteiger partial charge is 0.334 e. The molecule has 1 aromatic carbocycles. The SMILES string of the molecule is CC(C)[C@H]1C(=O)N(CC2CCCO2)C[C@H]2N1C(=O)CN(C)N2C(=O)NCc1ccc(F)cc1. The Morgan fingerprint density at radius 3 is 2.61 bits per heavy atom. The van der Waals surface area contributed by atoms with E-state index >= 15 is 0 Å². The van der Waals surface area contributed by atoms with Gasteiger partial charge in [0.1, 0.15) is 18.0 Å². The van der Waals surface area contributed by atoms with Gasteiger partial charge in [0.15, 0.2) is 0 Å². The summed E-state index contributed by atoms with van der Waals surface area (Å²) in [6, 6.07) is 4.90. The molecule has 9 nitrogen and oxygen atoms in total. The van der Waals surface area contributed by atoms with E-state index in [0.717, 1.165) is 18.4 Å². The first kappa shape index (κ1) is 23.4. The summed E-state index contributed by atoms with van der Waals surface area (Å²) < 4.78 is 18.9. The fraction of sp³-hybridized carbons (Fsp3) is 0.609. The lowest BCUT2D eigenvalue weighted by molar-refractivity contribution is -0.191. The van der Waals surface area contributed by atoms with E-state index in [1.54, 1.807) is 34.0 Å². The number of carbonyl (C=O) groups excluding carboxylic acids is 3. The number of benzene rings is 1. The van der Waals surface area contributed by atoms with Gasteiger partial charge < -0.3 is 19.9 Å². The molecule has 0 radical (unpaired) electrons. The van der Waals surface area contributed by atoms with Crippen LogP contribution < -0.4 is 5.32 Å². The van der Waals surface area contributed by atoms with Crippen LogP contribution in [0.25, 0.3) is 0 Å². The number of likely N-dealkylation sites (N-methyl/N-ethyl adjacent to an activating group) is 1. The summed E-state index contributed by atoms with van der Waals surface area (Å²) in [5.41, 5.74) is 0.760. The molecule has 33 heavy (non-hydrogen) atoms. The molecule has 180 valence electrons. The van der Waals surface area contributed by atoms with Gasteiger partial charge in [0.25, 0.3) is 0 Å². The second-order valence-electron chi connectivity index (χ2n) is 9.29. The van der Waals surface area contributed by atoms with Crippen molar-refractivity contribution < 1.29 is 23.5 Å². The van der Waals surface area contributed by atoms with Crippen molar-refractivity contribution in [3.05, 3.63) is 35.6 Å². The predicted octanol–water partition coefficient (Wildman–Crippen LogP) is 1.40. The monoisotopic (exact) mass is 461 g/mol. The lowest BCUT2D eigenvalue weighted by Gasteiger charge is -2.55. The number of piperazine rings is 1. The van der Waals surface area contributed by atoms with Gasteiger partial charge in [0, 0.05) is 26.7 Å². The maximum atomic E-state index is 13.4. The van der Waals surface area contributed by atoms with Gasteiger partial charge >= 0.3 is 6.03 Å². The molecule has 3 saturated heterocycles. The molecule has 0 aromatic heterocycles. The van der Waals surface area contributed by atoms with Crippen molar-refractivity contribution in [2.24, 2.45) is 5.92 Å². The summed E-state index contributed by atoms with van der Waals surface area (Å²) in [6.07, 6.45) is 1.22. The number of urea groups is 1. The van der Waals surface area contributed by atoms with Crippen LogP contribution in [0.4, 0.5) is 9.18 Å². The highest BCUT2D eigenvalue weighted by Crippen LogP contribution is 2.30. The molecule has 10 heteroatoms. The number of hydrazine groups is 1. The molecule has 1 aromatic rings. The highest BCUT2D eigenvalue weighted by Gasteiger charge is 2.51. The van der Waals surface area contributed by atoms with E-state index in [0.29, 0.717) is 13.2 Å². The van der Waals surface area contributed by atoms with Crippen LogP contribution in [0, 0.1) is 11.7 Å². The lowest BCUT2D eigenvalue weighted by atomic mass is 9.96. The quantitative estimate of drug-likeness (QED) is 0.717. The fourth-order valence-corrected chi connectivity index (χ4v) is 4.92. The number of amides is 4. The van der Waals surface area contributed by atoms with Gasteiger partial charge in [-0.25, -0.2) is 19.2 Å². The molecule has 0 aliphatic carbocycles. The van der Waals surface area contributed by atoms with Crippen LogP contribution >= 0.6 is 0 Å². The summed E-state index contributed by atoms with van der Waals surface area (Å²) in [5.74, 6) is -0.716. The highest BCUT2D eigenvalue weighted by molar-refractivity contribution is 5.91. The van der Waals surface area contributed by atoms with Crippen LogP contribution in [0.2, 0.25) is 0 Å². The number of hydrogen-bond donors (Lipinski definition) is 1. The van der Waals surface area contributed by atoms with E-state index in [4.69, 9.17) is 4.74 Å². The number of hydrogen-bond acceptors (Lipinski definition) is 5. The Balaban J connectivity index is 1.56. The van der Waals surface area contributed by atoms with Crippen LogP contribution in [0.1, 0.15) is 32.3 Å². The molecule has 3 aliphatic heterocycles. The number of nitrogens with zero attached hydrogens (tertiary/aromatic N) is 4. The maximum absolute atomic E-state index is 13.4. The Hall–Kier alpha value is -2.72. The first-order valence-electron chi connectivity index (χ1n) is 11.5. The summed E-state index contributed by atoms with van der Waals surface area (Å²) in [6.45, 7) is 5.42. The summed E-state index contributed by atoms with van der Waals surface area (Å²) in [4.78, 5) is 43.0. The van der Waals surface area contributed by atoms with Gasteiger partial charge in [0.05, 0.1) is 19.2 Å². The van der Waals surface area contributed by atoms with Gasteiger partial charge in [0.2, 0.25) is 11.8 Å². The minimum atomic E-state index is -0.640. The topological polar surface area (TPSA) is 85.4 Å². The molecule has 3 aliphatic rings. The van der Waals surface area contributed by atoms with Gasteiger partial charge in [-0.05, 0) is 36.5 Å². The Morgan fingerprint density at radius 1 is 1.24 bits per heavy atom. The molecule has 4 amide bonds. The zero-order valence-corrected chi connectivity index (χ0v) is 19.4. The standard InChI is InChI=1S/C23H32FN5O4/c1-15(2)21-22(31)27(12-18-5-4-10-33-18)13-19-28(21)20(30)14-26(3)29(19)23(32)25-11-16-6-8-17(24)9-7-16/h6-9,15,18-19,21H,4-5,10-14H2,1-3H3,(H,25,32)/t18?,19-,21-/m0/s1. The van der Waals surface area contributed by atoms with Crippen LogP contribution in [0.5, 0.6) is 0 Å². The van der Waals surface area contributed by atoms with Gasteiger partial charge in [-0.15, -0.1) is 0 Å². The van der Waals surface area contributed by atoms with E-state index < -0.39 is 12.2 Å². The van der Waals surface area contributed by atoms with Crippen molar-refractivity contribution in [2.75, 3.05) is 33.3 Å². The Labute approximate surface area is 193 Å². The first-order valence-corrected chi connectivity index (χ1v) is 11.5. The largest absolute Gasteiger partial charge is 0.376 e. The van der Waals surface area contributed by atoms with Crippen molar-refractivity contribution in [3.8, 4) is 0 Å². The van der Waals surface area contributed by atoms with Crippen LogP contribution in [0.3, 0.4) is 0 Å². The summed E-state index contributed by atoms with van der Waals surface area (Å²) in [5, 5.41) is 5.99. The Morgan fingerprint density at radius 2 is 1.97 bits per heavy atom. The number of ether oxygens (including phenoxy) is 1. The lowest BCUT2D eigenvalue weighted by Crippen LogP contribution is -2.76. The van der Waals surface area contributed by atoms with Crippen molar-refractivity contribution in [1.82, 2.24) is 25.1 Å². The van der Waals surface area contributed by atoms with Crippen LogP contribution in [-0.2, 0) is 20.9 Å². The van der Waals surface area contributed by atoms with Crippen LogP contribution in [-0.4, -0.2) is 89.3 Å². The molecule has 3 fully saturated rings. The third-order valence-corrected chi connectivity index (χ3v) is 6.52. The number of rotatable bonds is 5. The third-order valence-electron chi connectivity index (χ3n) is 6.52. The molecular weight excluding hydrogens is 429 g/mol. The zero-order valence-electron chi connectivity index (χ0n) is 19.4. The van der Waals surface area contributed by atoms with Crippen molar-refractivity contribution in [1.29, 1.82) is 0 Å². The van der Waals surface area contributed by atoms with Gasteiger partial charge in [-0.3, -0.25) is 9.59 Å². The second kappa shape index (κ2) is 9.64. The van der Waals surface area contributed by atoms with Gasteiger partial charge in [-0.2, -0.15) is 0 Å². The number of halogens is 1. The molecule has 0 bridgehead atoms. The highest BCUT2D eigenvalue weighted by atomic mass is 19.1. The van der Waals surface area contributed by atoms with E-state index in [1.165, 1.54) is 17.1 Å². The molecular formula is C23H32FN5O4. The minimum Gasteiger partial charge on any atom is -0.376 e. The van der Waals surface area contributed by atoms with E-state index in [-0.39, 0.29) is 55.3 Å².